The van der Waals surface area contributed by atoms with Crippen molar-refractivity contribution in [3.63, 3.8) is 0 Å². The first-order valence-electron chi connectivity index (χ1n) is 4.53. The number of terminal acetylenes is 2. The lowest BCUT2D eigenvalue weighted by Crippen LogP contribution is -1.90. The van der Waals surface area contributed by atoms with Crippen LogP contribution in [0, 0.1) is 24.7 Å². The fraction of sp³-hybridized carbons (Fsp3) is 0. The monoisotopic (exact) mass is 332 g/mol. The molecule has 0 radical (unpaired) electrons. The third-order valence-corrected chi connectivity index (χ3v) is 4.53. The summed E-state index contributed by atoms with van der Waals surface area (Å²) < 4.78 is 1.77. The van der Waals surface area contributed by atoms with Gasteiger partial charge in [-0.15, -0.1) is 12.8 Å². The summed E-state index contributed by atoms with van der Waals surface area (Å²) in [5.74, 6) is 5.29. The molecule has 16 heavy (non-hydrogen) atoms. The number of hydrogen-bond acceptors (Lipinski definition) is 0. The van der Waals surface area contributed by atoms with Crippen LogP contribution in [-0.2, 0) is 0 Å². The predicted molar refractivity (Wildman–Crippen MR) is 75.2 cm³/mol. The van der Waals surface area contributed by atoms with Crippen molar-refractivity contribution < 1.29 is 0 Å². The smallest absolute Gasteiger partial charge is 0.0559 e. The van der Waals surface area contributed by atoms with Crippen LogP contribution in [-0.4, -0.2) is 0 Å². The van der Waals surface area contributed by atoms with Crippen LogP contribution in [0.5, 0.6) is 0 Å². The average Bonchev–Trinajstić information content (AvgIpc) is 2.33. The van der Waals surface area contributed by atoms with E-state index in [1.54, 1.807) is 0 Å². The van der Waals surface area contributed by atoms with Crippen LogP contribution in [0.25, 0.3) is 10.8 Å². The van der Waals surface area contributed by atoms with Crippen LogP contribution in [0.15, 0.2) is 33.2 Å². The van der Waals surface area contributed by atoms with E-state index in [2.05, 4.69) is 43.7 Å². The molecule has 0 saturated carbocycles. The zero-order chi connectivity index (χ0) is 11.7. The van der Waals surface area contributed by atoms with Gasteiger partial charge in [-0.05, 0) is 42.6 Å². The zero-order valence-corrected chi connectivity index (χ0v) is 11.4. The van der Waals surface area contributed by atoms with Gasteiger partial charge >= 0.3 is 0 Å². The summed E-state index contributed by atoms with van der Waals surface area (Å²) in [6.07, 6.45) is 11.0. The van der Waals surface area contributed by atoms with Gasteiger partial charge in [-0.25, -0.2) is 0 Å². The summed E-state index contributed by atoms with van der Waals surface area (Å²) in [4.78, 5) is 0. The van der Waals surface area contributed by atoms with E-state index in [4.69, 9.17) is 12.8 Å². The molecule has 0 aliphatic heterocycles. The summed E-state index contributed by atoms with van der Waals surface area (Å²) in [6.45, 7) is 0. The Morgan fingerprint density at radius 3 is 1.94 bits per heavy atom. The van der Waals surface area contributed by atoms with Gasteiger partial charge in [0.25, 0.3) is 0 Å². The number of rotatable bonds is 0. The average molecular weight is 334 g/mol. The fourth-order valence-electron chi connectivity index (χ4n) is 1.65. The molecule has 0 N–H and O–H groups in total. The Morgan fingerprint density at radius 2 is 1.38 bits per heavy atom. The Morgan fingerprint density at radius 1 is 0.812 bits per heavy atom. The van der Waals surface area contributed by atoms with E-state index in [-0.39, 0.29) is 0 Å². The Labute approximate surface area is 111 Å². The van der Waals surface area contributed by atoms with Crippen molar-refractivity contribution in [2.75, 3.05) is 0 Å². The molecule has 0 fully saturated rings. The molecule has 76 valence electrons. The molecule has 0 bridgehead atoms. The van der Waals surface area contributed by atoms with E-state index in [1.165, 1.54) is 0 Å². The highest BCUT2D eigenvalue weighted by molar-refractivity contribution is 9.13. The molecule has 0 unspecified atom stereocenters. The second-order valence-electron chi connectivity index (χ2n) is 3.21. The zero-order valence-electron chi connectivity index (χ0n) is 8.22. The van der Waals surface area contributed by atoms with Gasteiger partial charge in [0.2, 0.25) is 0 Å². The lowest BCUT2D eigenvalue weighted by Gasteiger charge is -2.09. The second-order valence-corrected chi connectivity index (χ2v) is 4.80. The molecule has 0 aromatic heterocycles. The summed E-state index contributed by atoms with van der Waals surface area (Å²) in [5.41, 5.74) is 1.47. The van der Waals surface area contributed by atoms with Crippen molar-refractivity contribution in [1.82, 2.24) is 0 Å². The number of fused-ring (bicyclic) bond motifs is 1. The van der Waals surface area contributed by atoms with Crippen LogP contribution in [0.4, 0.5) is 0 Å². The molecule has 0 spiro atoms. The molecule has 0 saturated heterocycles. The van der Waals surface area contributed by atoms with Gasteiger partial charge in [0.05, 0.1) is 5.56 Å². The third kappa shape index (κ3) is 1.55. The molecular weight excluding hydrogens is 328 g/mol. The minimum absolute atomic E-state index is 0.716. The van der Waals surface area contributed by atoms with Crippen LogP contribution in [0.1, 0.15) is 11.1 Å². The van der Waals surface area contributed by atoms with Crippen LogP contribution in [0.3, 0.4) is 0 Å². The molecule has 0 nitrogen and oxygen atoms in total. The van der Waals surface area contributed by atoms with E-state index in [1.807, 2.05) is 24.3 Å². The Bertz CT molecular complexity index is 655. The van der Waals surface area contributed by atoms with Crippen molar-refractivity contribution in [2.45, 2.75) is 0 Å². The largest absolute Gasteiger partial charge is 0.115 e. The molecule has 0 atom stereocenters. The minimum Gasteiger partial charge on any atom is -0.115 e. The van der Waals surface area contributed by atoms with Crippen molar-refractivity contribution in [3.8, 4) is 24.7 Å². The highest BCUT2D eigenvalue weighted by Crippen LogP contribution is 2.37. The van der Waals surface area contributed by atoms with Gasteiger partial charge in [0.15, 0.2) is 0 Å². The lowest BCUT2D eigenvalue weighted by atomic mass is 10.00. The molecule has 2 rings (SSSR count). The quantitative estimate of drug-likeness (QED) is 0.629. The fourth-order valence-corrected chi connectivity index (χ4v) is 2.72. The van der Waals surface area contributed by atoms with Gasteiger partial charge in [0.1, 0.15) is 0 Å². The molecule has 0 heterocycles. The standard InChI is InChI=1S/C14H6Br2/c1-3-9-10(4-2)13(15)14(16)12-8-6-5-7-11(9)12/h1-2,5-8H. The Balaban J connectivity index is 3.10. The van der Waals surface area contributed by atoms with E-state index < -0.39 is 0 Å². The first kappa shape index (κ1) is 11.3. The summed E-state index contributed by atoms with van der Waals surface area (Å²) in [6, 6.07) is 7.90. The second kappa shape index (κ2) is 4.34. The summed E-state index contributed by atoms with van der Waals surface area (Å²) in [5, 5.41) is 2.05. The van der Waals surface area contributed by atoms with Crippen molar-refractivity contribution in [3.05, 3.63) is 44.3 Å². The molecule has 0 amide bonds. The Hall–Kier alpha value is -1.22. The maximum Gasteiger partial charge on any atom is 0.0559 e. The molecular formula is C14H6Br2. The van der Waals surface area contributed by atoms with Crippen molar-refractivity contribution in [1.29, 1.82) is 0 Å². The highest BCUT2D eigenvalue weighted by Gasteiger charge is 2.13. The van der Waals surface area contributed by atoms with Gasteiger partial charge in [0, 0.05) is 14.5 Å². The van der Waals surface area contributed by atoms with Crippen molar-refractivity contribution >= 4 is 42.6 Å². The molecule has 2 aromatic carbocycles. The molecule has 0 aliphatic carbocycles. The molecule has 0 aliphatic rings. The van der Waals surface area contributed by atoms with E-state index in [0.717, 1.165) is 25.3 Å². The van der Waals surface area contributed by atoms with Gasteiger partial charge in [-0.2, -0.15) is 0 Å². The van der Waals surface area contributed by atoms with E-state index in [9.17, 15) is 0 Å². The highest BCUT2D eigenvalue weighted by atomic mass is 79.9. The van der Waals surface area contributed by atoms with Gasteiger partial charge in [-0.3, -0.25) is 0 Å². The van der Waals surface area contributed by atoms with Crippen LogP contribution >= 0.6 is 31.9 Å². The van der Waals surface area contributed by atoms with Crippen LogP contribution in [0.2, 0.25) is 0 Å². The summed E-state index contributed by atoms with van der Waals surface area (Å²) >= 11 is 6.99. The van der Waals surface area contributed by atoms with E-state index in [0.29, 0.717) is 5.56 Å². The third-order valence-electron chi connectivity index (χ3n) is 2.38. The first-order chi connectivity index (χ1) is 7.70. The van der Waals surface area contributed by atoms with Gasteiger partial charge < -0.3 is 0 Å². The molecule has 2 aromatic rings. The van der Waals surface area contributed by atoms with Crippen molar-refractivity contribution in [2.24, 2.45) is 0 Å². The number of halogens is 2. The van der Waals surface area contributed by atoms with Gasteiger partial charge in [-0.1, -0.05) is 36.1 Å². The maximum absolute atomic E-state index is 5.53. The topological polar surface area (TPSA) is 0 Å². The van der Waals surface area contributed by atoms with E-state index >= 15 is 0 Å². The number of benzene rings is 2. The number of hydrogen-bond donors (Lipinski definition) is 0. The predicted octanol–water partition coefficient (Wildman–Crippen LogP) is 4.33. The lowest BCUT2D eigenvalue weighted by molar-refractivity contribution is 1.56. The molecule has 2 heteroatoms. The Kier molecular flexibility index (Phi) is 3.06. The minimum atomic E-state index is 0.716. The SMILES string of the molecule is C#Cc1c(Br)c(Br)c2ccccc2c1C#C. The summed E-state index contributed by atoms with van der Waals surface area (Å²) in [7, 11) is 0. The first-order valence-corrected chi connectivity index (χ1v) is 6.12. The maximum atomic E-state index is 5.53. The normalized spacial score (nSPS) is 9.75. The van der Waals surface area contributed by atoms with Crippen LogP contribution < -0.4 is 0 Å².